The lowest BCUT2D eigenvalue weighted by Gasteiger charge is -2.29. The number of nitrogens with zero attached hydrogens (tertiary/aromatic N) is 1. The Morgan fingerprint density at radius 1 is 1.42 bits per heavy atom. The van der Waals surface area contributed by atoms with Gasteiger partial charge in [0.25, 0.3) is 0 Å². The van der Waals surface area contributed by atoms with Crippen molar-refractivity contribution in [2.24, 2.45) is 11.7 Å². The Balaban J connectivity index is 1.91. The monoisotopic (exact) mass is 168 g/mol. The molecule has 0 aromatic rings. The van der Waals surface area contributed by atoms with Crippen molar-refractivity contribution in [2.45, 2.75) is 44.7 Å². The van der Waals surface area contributed by atoms with Crippen molar-refractivity contribution < 1.29 is 0 Å². The number of rotatable bonds is 3. The molecule has 2 aliphatic rings. The molecule has 1 aliphatic heterocycles. The largest absolute Gasteiger partial charge is 0.329 e. The van der Waals surface area contributed by atoms with Crippen LogP contribution < -0.4 is 5.73 Å². The van der Waals surface area contributed by atoms with Crippen LogP contribution in [0.1, 0.15) is 32.6 Å². The molecule has 1 heterocycles. The minimum Gasteiger partial charge on any atom is -0.329 e. The van der Waals surface area contributed by atoms with Crippen LogP contribution in [0.15, 0.2) is 0 Å². The van der Waals surface area contributed by atoms with Crippen LogP contribution in [-0.2, 0) is 0 Å². The van der Waals surface area contributed by atoms with Gasteiger partial charge in [0.15, 0.2) is 0 Å². The first kappa shape index (κ1) is 8.52. The van der Waals surface area contributed by atoms with E-state index in [0.29, 0.717) is 6.04 Å². The van der Waals surface area contributed by atoms with Crippen LogP contribution in [0, 0.1) is 5.92 Å². The lowest BCUT2D eigenvalue weighted by atomic mass is 10.1. The molecule has 1 saturated carbocycles. The number of nitrogens with two attached hydrogens (primary N) is 1. The summed E-state index contributed by atoms with van der Waals surface area (Å²) in [6.45, 7) is 4.53. The molecule has 0 bridgehead atoms. The summed E-state index contributed by atoms with van der Waals surface area (Å²) >= 11 is 0. The van der Waals surface area contributed by atoms with Gasteiger partial charge in [-0.1, -0.05) is 0 Å². The summed E-state index contributed by atoms with van der Waals surface area (Å²) in [4.78, 5) is 2.64. The maximum atomic E-state index is 5.74. The highest BCUT2D eigenvalue weighted by molar-refractivity contribution is 4.91. The average molecular weight is 168 g/mol. The molecule has 1 unspecified atom stereocenters. The zero-order chi connectivity index (χ0) is 8.55. The maximum Gasteiger partial charge on any atom is 0.0221 e. The van der Waals surface area contributed by atoms with Gasteiger partial charge in [-0.15, -0.1) is 0 Å². The van der Waals surface area contributed by atoms with E-state index in [0.717, 1.165) is 18.5 Å². The van der Waals surface area contributed by atoms with Crippen molar-refractivity contribution in [3.05, 3.63) is 0 Å². The molecule has 70 valence electrons. The predicted octanol–water partition coefficient (Wildman–Crippen LogP) is 1.21. The van der Waals surface area contributed by atoms with Gasteiger partial charge in [0.2, 0.25) is 0 Å². The highest BCUT2D eigenvalue weighted by Gasteiger charge is 2.36. The summed E-state index contributed by atoms with van der Waals surface area (Å²) < 4.78 is 0. The zero-order valence-electron chi connectivity index (χ0n) is 8.00. The van der Waals surface area contributed by atoms with E-state index in [-0.39, 0.29) is 0 Å². The fourth-order valence-corrected chi connectivity index (χ4v) is 2.50. The zero-order valence-corrected chi connectivity index (χ0v) is 8.00. The molecule has 2 nitrogen and oxygen atoms in total. The van der Waals surface area contributed by atoms with Crippen molar-refractivity contribution in [2.75, 3.05) is 13.1 Å². The van der Waals surface area contributed by atoms with Gasteiger partial charge < -0.3 is 5.73 Å². The van der Waals surface area contributed by atoms with E-state index >= 15 is 0 Å². The molecule has 0 spiro atoms. The number of likely N-dealkylation sites (tertiary alicyclic amines) is 1. The second-order valence-electron chi connectivity index (χ2n) is 4.35. The summed E-state index contributed by atoms with van der Waals surface area (Å²) in [5.74, 6) is 0.997. The molecule has 2 N–H and O–H groups in total. The molecule has 0 aromatic carbocycles. The third-order valence-electron chi connectivity index (χ3n) is 3.52. The lowest BCUT2D eigenvalue weighted by Crippen LogP contribution is -2.42. The van der Waals surface area contributed by atoms with Gasteiger partial charge in [-0.3, -0.25) is 4.90 Å². The van der Waals surface area contributed by atoms with Crippen molar-refractivity contribution in [1.29, 1.82) is 0 Å². The highest BCUT2D eigenvalue weighted by Crippen LogP contribution is 2.37. The smallest absolute Gasteiger partial charge is 0.0221 e. The van der Waals surface area contributed by atoms with E-state index in [1.54, 1.807) is 0 Å². The molecule has 0 radical (unpaired) electrons. The molecule has 2 atom stereocenters. The van der Waals surface area contributed by atoms with E-state index in [4.69, 9.17) is 5.73 Å². The Labute approximate surface area is 75.1 Å². The maximum absolute atomic E-state index is 5.74. The topological polar surface area (TPSA) is 29.3 Å². The van der Waals surface area contributed by atoms with Crippen molar-refractivity contribution >= 4 is 0 Å². The van der Waals surface area contributed by atoms with Gasteiger partial charge in [-0.25, -0.2) is 0 Å². The van der Waals surface area contributed by atoms with E-state index in [1.807, 2.05) is 0 Å². The molecule has 0 amide bonds. The van der Waals surface area contributed by atoms with Crippen LogP contribution in [0.2, 0.25) is 0 Å². The van der Waals surface area contributed by atoms with Crippen LogP contribution in [0.3, 0.4) is 0 Å². The molecule has 2 fully saturated rings. The van der Waals surface area contributed by atoms with Crippen LogP contribution in [0.4, 0.5) is 0 Å². The summed E-state index contributed by atoms with van der Waals surface area (Å²) in [7, 11) is 0. The third kappa shape index (κ3) is 1.50. The summed E-state index contributed by atoms with van der Waals surface area (Å²) in [5, 5.41) is 0. The van der Waals surface area contributed by atoms with E-state index in [1.165, 1.54) is 32.2 Å². The van der Waals surface area contributed by atoms with Gasteiger partial charge >= 0.3 is 0 Å². The average Bonchev–Trinajstić information content (AvgIpc) is 2.82. The van der Waals surface area contributed by atoms with E-state index in [9.17, 15) is 0 Å². The van der Waals surface area contributed by atoms with Crippen LogP contribution in [-0.4, -0.2) is 30.1 Å². The van der Waals surface area contributed by atoms with Gasteiger partial charge in [0, 0.05) is 18.6 Å². The van der Waals surface area contributed by atoms with E-state index < -0.39 is 0 Å². The lowest BCUT2D eigenvalue weighted by molar-refractivity contribution is 0.177. The minimum absolute atomic E-state index is 0.695. The van der Waals surface area contributed by atoms with Crippen molar-refractivity contribution in [3.8, 4) is 0 Å². The first-order valence-corrected chi connectivity index (χ1v) is 5.28. The van der Waals surface area contributed by atoms with Crippen LogP contribution in [0.25, 0.3) is 0 Å². The Morgan fingerprint density at radius 2 is 2.17 bits per heavy atom. The van der Waals surface area contributed by atoms with E-state index in [2.05, 4.69) is 11.8 Å². The van der Waals surface area contributed by atoms with Crippen LogP contribution in [0.5, 0.6) is 0 Å². The third-order valence-corrected chi connectivity index (χ3v) is 3.52. The van der Waals surface area contributed by atoms with Crippen LogP contribution >= 0.6 is 0 Å². The summed E-state index contributed by atoms with van der Waals surface area (Å²) in [5.41, 5.74) is 5.74. The Bertz CT molecular complexity index is 154. The molecule has 2 rings (SSSR count). The highest BCUT2D eigenvalue weighted by atomic mass is 15.2. The first-order valence-electron chi connectivity index (χ1n) is 5.28. The minimum atomic E-state index is 0.695. The second-order valence-corrected chi connectivity index (χ2v) is 4.35. The number of hydrogen-bond donors (Lipinski definition) is 1. The molecule has 2 heteroatoms. The molecule has 1 aliphatic carbocycles. The number of hydrogen-bond acceptors (Lipinski definition) is 2. The first-order chi connectivity index (χ1) is 5.83. The standard InChI is InChI=1S/C10H20N2/c1-8(9-4-5-9)12-6-2-3-10(12)7-11/h8-10H,2-7,11H2,1H3/t8?,10-/m1/s1. The molecule has 0 aromatic heterocycles. The fourth-order valence-electron chi connectivity index (χ4n) is 2.50. The Hall–Kier alpha value is -0.0800. The van der Waals surface area contributed by atoms with Gasteiger partial charge in [-0.05, 0) is 45.1 Å². The quantitative estimate of drug-likeness (QED) is 0.686. The van der Waals surface area contributed by atoms with Gasteiger partial charge in [0.1, 0.15) is 0 Å². The molecular formula is C10H20N2. The van der Waals surface area contributed by atoms with Gasteiger partial charge in [0.05, 0.1) is 0 Å². The molecule has 12 heavy (non-hydrogen) atoms. The van der Waals surface area contributed by atoms with Gasteiger partial charge in [-0.2, -0.15) is 0 Å². The Morgan fingerprint density at radius 3 is 2.75 bits per heavy atom. The SMILES string of the molecule is CC(C1CC1)N1CCC[C@@H]1CN. The van der Waals surface area contributed by atoms with Crippen molar-refractivity contribution in [1.82, 2.24) is 4.90 Å². The normalized spacial score (nSPS) is 34.0. The Kier molecular flexibility index (Phi) is 2.37. The van der Waals surface area contributed by atoms with Crippen molar-refractivity contribution in [3.63, 3.8) is 0 Å². The predicted molar refractivity (Wildman–Crippen MR) is 51.0 cm³/mol. The molecular weight excluding hydrogens is 148 g/mol. The fraction of sp³-hybridized carbons (Fsp3) is 1.00. The second kappa shape index (κ2) is 3.35. The summed E-state index contributed by atoms with van der Waals surface area (Å²) in [6, 6.07) is 1.50. The molecule has 1 saturated heterocycles. The summed E-state index contributed by atoms with van der Waals surface area (Å²) in [6.07, 6.45) is 5.59.